The number of nitrogens with zero attached hydrogens (tertiary/aromatic N) is 2. The Morgan fingerprint density at radius 1 is 0.362 bits per heavy atom. The Bertz CT molecular complexity index is 5780. The number of nitrogens with two attached hydrogens (primary N) is 2. The normalized spacial score (nSPS) is 15.3. The molecule has 7 aliphatic rings. The molecular weight excluding hydrogens is 1600 g/mol. The maximum atomic E-state index is 12.3. The zero-order valence-corrected chi connectivity index (χ0v) is 78.2. The van der Waals surface area contributed by atoms with Crippen LogP contribution in [-0.4, -0.2) is 111 Å². The number of amides is 3. The summed E-state index contributed by atoms with van der Waals surface area (Å²) in [6.45, 7) is 46.0. The van der Waals surface area contributed by atoms with Crippen LogP contribution in [0, 0.1) is 11.3 Å². The highest BCUT2D eigenvalue weighted by Crippen LogP contribution is 2.40. The number of hydrogen-bond donors (Lipinski definition) is 7. The number of ketones is 7. The van der Waals surface area contributed by atoms with Crippen LogP contribution in [0.1, 0.15) is 269 Å². The molecule has 20 heteroatoms. The first-order valence-corrected chi connectivity index (χ1v) is 42.5. The predicted molar refractivity (Wildman–Crippen MR) is 503 cm³/mol. The van der Waals surface area contributed by atoms with Gasteiger partial charge in [0.05, 0.1) is 22.3 Å². The van der Waals surface area contributed by atoms with Crippen molar-refractivity contribution < 1.29 is 73.2 Å². The summed E-state index contributed by atoms with van der Waals surface area (Å²) in [5, 5.41) is 50.7. The molecule has 14 rings (SSSR count). The number of allylic oxidation sites excluding steroid dienone is 7. The highest BCUT2D eigenvalue weighted by Gasteiger charge is 2.34. The number of carboxylic acids is 1. The number of rotatable bonds is 4. The molecule has 0 fully saturated rings. The molecule has 7 aromatic carbocycles. The van der Waals surface area contributed by atoms with Gasteiger partial charge in [-0.25, -0.2) is 4.79 Å². The van der Waals surface area contributed by atoms with Crippen LogP contribution in [0.5, 0.6) is 0 Å². The molecule has 0 saturated heterocycles. The molecule has 0 aromatic heterocycles. The molecule has 127 heavy (non-hydrogen) atoms. The topological polar surface area (TPSA) is 360 Å². The van der Waals surface area contributed by atoms with Crippen LogP contribution >= 0.6 is 0 Å². The number of carbonyl (C=O) groups is 11. The van der Waals surface area contributed by atoms with Gasteiger partial charge in [0.25, 0.3) is 11.8 Å². The zero-order valence-electron chi connectivity index (χ0n) is 78.2. The minimum Gasteiger partial charge on any atom is -0.507 e. The van der Waals surface area contributed by atoms with Crippen LogP contribution in [0.3, 0.4) is 0 Å². The van der Waals surface area contributed by atoms with Gasteiger partial charge in [-0.05, 0) is 187 Å². The van der Waals surface area contributed by atoms with Crippen molar-refractivity contribution in [1.29, 1.82) is 5.26 Å². The Morgan fingerprint density at radius 2 is 0.614 bits per heavy atom. The lowest BCUT2D eigenvalue weighted by molar-refractivity contribution is -0.130. The van der Waals surface area contributed by atoms with Gasteiger partial charge in [0.1, 0.15) is 34.6 Å². The van der Waals surface area contributed by atoms with Crippen molar-refractivity contribution >= 4 is 104 Å². The molecule has 7 aliphatic carbocycles. The van der Waals surface area contributed by atoms with Gasteiger partial charge in [-0.15, -0.1) is 0 Å². The third-order valence-electron chi connectivity index (χ3n) is 23.1. The number of benzene rings is 7. The number of likely N-dealkylation sites (N-methyl/N-ethyl adjacent to an activating group) is 2. The average molecular weight is 1720 g/mol. The Hall–Kier alpha value is -13.0. The Balaban J connectivity index is 0.000000183. The number of Topliss-reactive ketones (excluding diaryl/α,β-unsaturated/α-hetero) is 3. The molecular formula is C107H123N5O15. The number of aliphatic hydroxyl groups is 3. The second-order valence-corrected chi connectivity index (χ2v) is 40.5. The third kappa shape index (κ3) is 24.2. The van der Waals surface area contributed by atoms with Crippen molar-refractivity contribution in [2.75, 3.05) is 21.1 Å². The van der Waals surface area contributed by atoms with Gasteiger partial charge in [-0.3, -0.25) is 47.9 Å². The number of carboxylic acid groups (broad SMARTS) is 1. The van der Waals surface area contributed by atoms with Crippen LogP contribution in [0.15, 0.2) is 169 Å². The highest BCUT2D eigenvalue weighted by molar-refractivity contribution is 6.28. The molecule has 0 bridgehead atoms. The first kappa shape index (κ1) is 99.4. The number of nitrogens with one attached hydrogen (secondary N) is 1. The zero-order chi connectivity index (χ0) is 95.4. The number of hydrogen-bond acceptors (Lipinski definition) is 16. The van der Waals surface area contributed by atoms with E-state index in [1.54, 1.807) is 34.1 Å². The fourth-order valence-electron chi connectivity index (χ4n) is 14.9. The minimum atomic E-state index is -1.05. The first-order chi connectivity index (χ1) is 58.5. The molecule has 3 amide bonds. The molecule has 20 nitrogen and oxygen atoms in total. The van der Waals surface area contributed by atoms with Crippen molar-refractivity contribution in [2.45, 2.75) is 235 Å². The average Bonchev–Trinajstić information content (AvgIpc) is 0.812. The van der Waals surface area contributed by atoms with E-state index in [4.69, 9.17) is 16.7 Å². The second-order valence-electron chi connectivity index (χ2n) is 40.5. The van der Waals surface area contributed by atoms with E-state index in [9.17, 15) is 73.2 Å². The van der Waals surface area contributed by atoms with Crippen molar-refractivity contribution in [2.24, 2.45) is 11.5 Å². The summed E-state index contributed by atoms with van der Waals surface area (Å²) < 4.78 is 0. The van der Waals surface area contributed by atoms with Gasteiger partial charge in [0, 0.05) is 88.4 Å². The Morgan fingerprint density at radius 3 is 0.913 bits per heavy atom. The van der Waals surface area contributed by atoms with Gasteiger partial charge in [-0.2, -0.15) is 5.26 Å². The largest absolute Gasteiger partial charge is 0.507 e. The molecule has 0 saturated carbocycles. The molecule has 7 aromatic rings. The molecule has 0 aliphatic heterocycles. The standard InChI is InChI=1S/C17H21NO2.C16H19NO2.C15H15NO2.C15H17NO2.C15H16O3.C15H18O2.C14H17NO2/c1-17(2,3)12-7-6-11-8-13(19)10-15(14(11)9-12)16(20)18(4)5;1-16(2,3)11-6-5-10-7-12(18)9-14(13(10)8-11)15(19)17-4;1-15(2,3)10-5-4-9-6-13(17)12(8-16)14(18)11(9)7-10;1-15(2,3)10-5-4-9-6-11(17)8-13(14(16)18)12(9)7-10;1-15(2,3)10-5-4-9-6-11(16)8-13(14(17)18)12(9)7-10;1-9-13(16)7-10-5-6-11(15(2,3)4)8-12(10)14(9)17;1-14(2,3)9-5-4-8-6-11(16)12(15)13(17)10(8)7-9/h6-7,9-10H,8H2,1-5H3;5-6,8-9H,7H2,1-4H3,(H,17,19);4-5,7,18H,6H2,1-3H3;4-5,7-8H,6H2,1-3H3,(H2,16,18);4-5,7-8H,6H2,1-3H3,(H,17,18);5-6,8,17H,7H2,1-4H3;4-5,7,17H,6,15H2,1-3H3. The quantitative estimate of drug-likeness (QED) is 0.0860. The van der Waals surface area contributed by atoms with Gasteiger partial charge < -0.3 is 42.1 Å². The Kier molecular flexibility index (Phi) is 30.1. The molecule has 0 atom stereocenters. The van der Waals surface area contributed by atoms with Crippen LogP contribution in [-0.2, 0) is 136 Å². The molecule has 0 unspecified atom stereocenters. The summed E-state index contributed by atoms with van der Waals surface area (Å²) >= 11 is 0. The fourth-order valence-corrected chi connectivity index (χ4v) is 14.9. The summed E-state index contributed by atoms with van der Waals surface area (Å²) in [7, 11) is 4.99. The molecule has 0 radical (unpaired) electrons. The molecule has 0 spiro atoms. The van der Waals surface area contributed by atoms with Crippen molar-refractivity contribution in [1.82, 2.24) is 10.2 Å². The van der Waals surface area contributed by atoms with E-state index in [1.165, 1.54) is 40.3 Å². The van der Waals surface area contributed by atoms with E-state index < -0.39 is 11.9 Å². The van der Waals surface area contributed by atoms with Gasteiger partial charge in [-0.1, -0.05) is 255 Å². The van der Waals surface area contributed by atoms with Crippen molar-refractivity contribution in [3.05, 3.63) is 285 Å². The van der Waals surface area contributed by atoms with E-state index >= 15 is 0 Å². The summed E-state index contributed by atoms with van der Waals surface area (Å²) in [6, 6.07) is 43.0. The summed E-state index contributed by atoms with van der Waals surface area (Å²) in [5.74, 6) is -2.80. The number of nitriles is 1. The van der Waals surface area contributed by atoms with E-state index in [0.29, 0.717) is 64.7 Å². The predicted octanol–water partition coefficient (Wildman–Crippen LogP) is 18.0. The third-order valence-corrected chi connectivity index (χ3v) is 23.1. The number of carbonyl (C=O) groups excluding carboxylic acids is 10. The van der Waals surface area contributed by atoms with E-state index in [0.717, 1.165) is 89.0 Å². The van der Waals surface area contributed by atoms with Gasteiger partial charge in [0.2, 0.25) is 5.91 Å². The Labute approximate surface area is 747 Å². The minimum absolute atomic E-state index is 0.000752. The maximum Gasteiger partial charge on any atom is 0.336 e. The van der Waals surface area contributed by atoms with Gasteiger partial charge in [0.15, 0.2) is 40.5 Å². The monoisotopic (exact) mass is 1720 g/mol. The van der Waals surface area contributed by atoms with E-state index in [2.05, 4.69) is 163 Å². The van der Waals surface area contributed by atoms with Crippen LogP contribution in [0.2, 0.25) is 0 Å². The number of aliphatic hydroxyl groups excluding tert-OH is 3. The number of primary amides is 1. The maximum absolute atomic E-state index is 12.3. The van der Waals surface area contributed by atoms with Crippen LogP contribution < -0.4 is 16.8 Å². The fraction of sp³-hybridized carbons (Fsp3) is 0.364. The van der Waals surface area contributed by atoms with Crippen molar-refractivity contribution in [3.63, 3.8) is 0 Å². The van der Waals surface area contributed by atoms with Crippen LogP contribution in [0.25, 0.3) is 39.6 Å². The summed E-state index contributed by atoms with van der Waals surface area (Å²) in [4.78, 5) is 130. The molecule has 9 N–H and O–H groups in total. The molecule has 0 heterocycles. The molecule has 666 valence electrons. The summed E-state index contributed by atoms with van der Waals surface area (Å²) in [5.41, 5.74) is 32.0. The lowest BCUT2D eigenvalue weighted by atomic mass is 9.81. The highest BCUT2D eigenvalue weighted by atomic mass is 16.4. The van der Waals surface area contributed by atoms with Crippen LogP contribution in [0.4, 0.5) is 0 Å². The van der Waals surface area contributed by atoms with Gasteiger partial charge >= 0.3 is 5.97 Å². The summed E-state index contributed by atoms with van der Waals surface area (Å²) in [6.07, 6.45) is 7.77. The van der Waals surface area contributed by atoms with E-state index in [-0.39, 0.29) is 144 Å². The lowest BCUT2D eigenvalue weighted by Crippen LogP contribution is -2.26. The number of fused-ring (bicyclic) bond motifs is 7. The second kappa shape index (κ2) is 38.4. The lowest BCUT2D eigenvalue weighted by Gasteiger charge is -2.24. The first-order valence-electron chi connectivity index (χ1n) is 42.5. The van der Waals surface area contributed by atoms with E-state index in [1.807, 2.05) is 115 Å². The smallest absolute Gasteiger partial charge is 0.336 e. The van der Waals surface area contributed by atoms with Crippen molar-refractivity contribution in [3.8, 4) is 6.07 Å². The SMILES string of the molecule is CC(C)(C)c1ccc2c(c1)C(C(=O)O)=CC(=O)C2.CC(C)(C)c1ccc2c(c1)C(C(N)=O)=CC(=O)C2.CC(C)(C)c1ccc2c(c1)C(O)=C(C#N)C(=O)C2.CC(C)(C)c1ccc2c(c1)C(O)=C(N)C(=O)C2.CC1=C(O)c2cc(C(C)(C)C)ccc2CC1=O.CN(C)C(=O)C1=CC(=O)Cc2ccc(C(C)(C)C)cc21.CNC(=O)C1=CC(=O)Cc2ccc(C(C)(C)C)cc21. The number of aliphatic carboxylic acids is 1.